The minimum atomic E-state index is -3.19. The predicted octanol–water partition coefficient (Wildman–Crippen LogP) is 1.82. The van der Waals surface area contributed by atoms with Crippen molar-refractivity contribution < 1.29 is 8.42 Å². The molecule has 0 aromatic rings. The molecule has 0 aliphatic heterocycles. The molecule has 76 valence electrons. The first-order chi connectivity index (χ1) is 5.99. The van der Waals surface area contributed by atoms with Crippen molar-refractivity contribution in [2.24, 2.45) is 0 Å². The molecule has 0 aliphatic carbocycles. The summed E-state index contributed by atoms with van der Waals surface area (Å²) in [6, 6.07) is 0. The highest BCUT2D eigenvalue weighted by molar-refractivity contribution is 7.88. The molecule has 0 aliphatic rings. The summed E-state index contributed by atoms with van der Waals surface area (Å²) >= 11 is 0. The van der Waals surface area contributed by atoms with Crippen molar-refractivity contribution in [3.63, 3.8) is 0 Å². The SMILES string of the molecule is C=C/C=C(\C=C)NS(C)(=O)=O.CC. The van der Waals surface area contributed by atoms with Crippen LogP contribution in [0.25, 0.3) is 0 Å². The Bertz CT molecular complexity index is 276. The Balaban J connectivity index is 0. The lowest BCUT2D eigenvalue weighted by Gasteiger charge is -2.01. The van der Waals surface area contributed by atoms with E-state index >= 15 is 0 Å². The van der Waals surface area contributed by atoms with Crippen LogP contribution in [0.2, 0.25) is 0 Å². The smallest absolute Gasteiger partial charge is 0.229 e. The van der Waals surface area contributed by atoms with Gasteiger partial charge in [0.2, 0.25) is 10.0 Å². The van der Waals surface area contributed by atoms with Crippen LogP contribution < -0.4 is 4.72 Å². The third-order valence-electron chi connectivity index (χ3n) is 0.821. The van der Waals surface area contributed by atoms with Crippen molar-refractivity contribution in [3.05, 3.63) is 37.1 Å². The van der Waals surface area contributed by atoms with Crippen molar-refractivity contribution in [2.45, 2.75) is 13.8 Å². The first-order valence-electron chi connectivity index (χ1n) is 3.92. The van der Waals surface area contributed by atoms with E-state index in [4.69, 9.17) is 0 Å². The van der Waals surface area contributed by atoms with E-state index in [1.807, 2.05) is 13.8 Å². The van der Waals surface area contributed by atoms with E-state index in [1.165, 1.54) is 18.2 Å². The second kappa shape index (κ2) is 7.61. The number of hydrogen-bond donors (Lipinski definition) is 1. The number of allylic oxidation sites excluding steroid dienone is 3. The summed E-state index contributed by atoms with van der Waals surface area (Å²) in [5, 5.41) is 0. The highest BCUT2D eigenvalue weighted by atomic mass is 32.2. The fourth-order valence-electron chi connectivity index (χ4n) is 0.485. The van der Waals surface area contributed by atoms with E-state index in [1.54, 1.807) is 0 Å². The topological polar surface area (TPSA) is 46.2 Å². The first-order valence-corrected chi connectivity index (χ1v) is 5.81. The van der Waals surface area contributed by atoms with E-state index in [2.05, 4.69) is 17.9 Å². The number of nitrogens with one attached hydrogen (secondary N) is 1. The molecule has 0 radical (unpaired) electrons. The maximum absolute atomic E-state index is 10.6. The van der Waals surface area contributed by atoms with Crippen LogP contribution in [0.4, 0.5) is 0 Å². The molecule has 3 nitrogen and oxygen atoms in total. The first kappa shape index (κ1) is 14.5. The molecule has 13 heavy (non-hydrogen) atoms. The van der Waals surface area contributed by atoms with Gasteiger partial charge in [0.15, 0.2) is 0 Å². The normalized spacial score (nSPS) is 10.8. The molecule has 0 atom stereocenters. The van der Waals surface area contributed by atoms with Gasteiger partial charge in [-0.2, -0.15) is 0 Å². The fourth-order valence-corrected chi connectivity index (χ4v) is 1.06. The predicted molar refractivity (Wildman–Crippen MR) is 57.8 cm³/mol. The molecule has 0 amide bonds. The Labute approximate surface area is 80.9 Å². The zero-order valence-corrected chi connectivity index (χ0v) is 9.19. The molecular weight excluding hydrogens is 186 g/mol. The summed E-state index contributed by atoms with van der Waals surface area (Å²) in [5.74, 6) is 0. The standard InChI is InChI=1S/C7H11NO2S.C2H6/c1-4-6-7(5-2)8-11(3,9)10;1-2/h4-6,8H,1-2H2,3H3;1-2H3/b7-6+;. The molecule has 0 unspecified atom stereocenters. The molecule has 4 heteroatoms. The molecule has 1 N–H and O–H groups in total. The van der Waals surface area contributed by atoms with Crippen LogP contribution in [-0.4, -0.2) is 14.7 Å². The fraction of sp³-hybridized carbons (Fsp3) is 0.333. The minimum absolute atomic E-state index is 0.419. The Morgan fingerprint density at radius 2 is 1.77 bits per heavy atom. The van der Waals surface area contributed by atoms with Gasteiger partial charge in [0, 0.05) is 5.70 Å². The molecule has 0 saturated carbocycles. The summed E-state index contributed by atoms with van der Waals surface area (Å²) in [6.07, 6.45) is 5.49. The van der Waals surface area contributed by atoms with Crippen LogP contribution in [0.5, 0.6) is 0 Å². The Kier molecular flexibility index (Phi) is 8.48. The molecule has 0 spiro atoms. The van der Waals surface area contributed by atoms with Crippen molar-refractivity contribution >= 4 is 10.0 Å². The maximum atomic E-state index is 10.6. The average molecular weight is 203 g/mol. The maximum Gasteiger partial charge on any atom is 0.229 e. The van der Waals surface area contributed by atoms with Crippen molar-refractivity contribution in [2.75, 3.05) is 6.26 Å². The lowest BCUT2D eigenvalue weighted by atomic mass is 10.4. The quantitative estimate of drug-likeness (QED) is 0.708. The van der Waals surface area contributed by atoms with Crippen LogP contribution >= 0.6 is 0 Å². The van der Waals surface area contributed by atoms with Gasteiger partial charge in [-0.1, -0.05) is 33.1 Å². The van der Waals surface area contributed by atoms with Crippen LogP contribution in [-0.2, 0) is 10.0 Å². The third kappa shape index (κ3) is 11.0. The second-order valence-electron chi connectivity index (χ2n) is 1.94. The Morgan fingerprint density at radius 3 is 2.00 bits per heavy atom. The summed E-state index contributed by atoms with van der Waals surface area (Å²) in [7, 11) is -3.19. The van der Waals surface area contributed by atoms with Crippen LogP contribution in [0.1, 0.15) is 13.8 Å². The minimum Gasteiger partial charge on any atom is -0.284 e. The molecule has 0 heterocycles. The lowest BCUT2D eigenvalue weighted by Crippen LogP contribution is -2.19. The van der Waals surface area contributed by atoms with Crippen molar-refractivity contribution in [1.82, 2.24) is 4.72 Å². The monoisotopic (exact) mass is 203 g/mol. The average Bonchev–Trinajstić information content (AvgIpc) is 2.05. The molecule has 0 bridgehead atoms. The third-order valence-corrected chi connectivity index (χ3v) is 1.43. The zero-order chi connectivity index (χ0) is 10.9. The van der Waals surface area contributed by atoms with E-state index in [0.29, 0.717) is 5.70 Å². The molecule has 0 aromatic heterocycles. The van der Waals surface area contributed by atoms with E-state index in [-0.39, 0.29) is 0 Å². The van der Waals surface area contributed by atoms with Crippen LogP contribution in [0.15, 0.2) is 37.1 Å². The highest BCUT2D eigenvalue weighted by Crippen LogP contribution is 1.92. The molecule has 0 fully saturated rings. The van der Waals surface area contributed by atoms with Gasteiger partial charge in [-0.25, -0.2) is 8.42 Å². The number of hydrogen-bond acceptors (Lipinski definition) is 2. The van der Waals surface area contributed by atoms with Gasteiger partial charge in [-0.15, -0.1) is 0 Å². The largest absolute Gasteiger partial charge is 0.284 e. The zero-order valence-electron chi connectivity index (χ0n) is 8.37. The van der Waals surface area contributed by atoms with Crippen molar-refractivity contribution in [3.8, 4) is 0 Å². The van der Waals surface area contributed by atoms with Gasteiger partial charge in [0.25, 0.3) is 0 Å². The van der Waals surface area contributed by atoms with Crippen LogP contribution in [0, 0.1) is 0 Å². The van der Waals surface area contributed by atoms with Gasteiger partial charge < -0.3 is 0 Å². The lowest BCUT2D eigenvalue weighted by molar-refractivity contribution is 0.595. The van der Waals surface area contributed by atoms with Gasteiger partial charge >= 0.3 is 0 Å². The van der Waals surface area contributed by atoms with Gasteiger partial charge in [-0.3, -0.25) is 4.72 Å². The summed E-state index contributed by atoms with van der Waals surface area (Å²) in [4.78, 5) is 0. The van der Waals surface area contributed by atoms with Crippen molar-refractivity contribution in [1.29, 1.82) is 0 Å². The van der Waals surface area contributed by atoms with Gasteiger partial charge in [0.1, 0.15) is 0 Å². The number of sulfonamides is 1. The molecular formula is C9H17NO2S. The highest BCUT2D eigenvalue weighted by Gasteiger charge is 1.98. The van der Waals surface area contributed by atoms with E-state index < -0.39 is 10.0 Å². The number of rotatable bonds is 4. The summed E-state index contributed by atoms with van der Waals surface area (Å²) in [5.41, 5.74) is 0.419. The van der Waals surface area contributed by atoms with Gasteiger partial charge in [-0.05, 0) is 12.2 Å². The molecule has 0 aromatic carbocycles. The Morgan fingerprint density at radius 1 is 1.31 bits per heavy atom. The molecule has 0 saturated heterocycles. The second-order valence-corrected chi connectivity index (χ2v) is 3.68. The Hall–Kier alpha value is -1.03. The van der Waals surface area contributed by atoms with Crippen LogP contribution in [0.3, 0.4) is 0 Å². The molecule has 0 rings (SSSR count). The van der Waals surface area contributed by atoms with Gasteiger partial charge in [0.05, 0.1) is 6.26 Å². The van der Waals surface area contributed by atoms with E-state index in [9.17, 15) is 8.42 Å². The summed E-state index contributed by atoms with van der Waals surface area (Å²) < 4.78 is 23.5. The summed E-state index contributed by atoms with van der Waals surface area (Å²) in [6.45, 7) is 10.8. The van der Waals surface area contributed by atoms with E-state index in [0.717, 1.165) is 6.26 Å².